The maximum absolute atomic E-state index is 11.8. The second kappa shape index (κ2) is 7.12. The van der Waals surface area contributed by atoms with Crippen LogP contribution in [0.2, 0.25) is 0 Å². The summed E-state index contributed by atoms with van der Waals surface area (Å²) in [6.07, 6.45) is 0.682. The van der Waals surface area contributed by atoms with E-state index in [1.54, 1.807) is 12.1 Å². The maximum atomic E-state index is 11.8. The van der Waals surface area contributed by atoms with E-state index in [0.717, 1.165) is 0 Å². The monoisotopic (exact) mass is 252 g/mol. The largest absolute Gasteiger partial charge is 0.469 e. The lowest BCUT2D eigenvalue weighted by molar-refractivity contribution is -0.144. The number of hydrogen-bond donors (Lipinski definition) is 0. The summed E-state index contributed by atoms with van der Waals surface area (Å²) < 4.78 is 4.68. The van der Waals surface area contributed by atoms with Gasteiger partial charge in [0.1, 0.15) is 0 Å². The highest BCUT2D eigenvalue weighted by atomic mass is 32.2. The van der Waals surface area contributed by atoms with Crippen LogP contribution >= 0.6 is 11.8 Å². The van der Waals surface area contributed by atoms with Crippen LogP contribution < -0.4 is 0 Å². The first kappa shape index (κ1) is 13.8. The molecule has 0 amide bonds. The summed E-state index contributed by atoms with van der Waals surface area (Å²) in [4.78, 5) is 23.1. The molecule has 1 atom stereocenters. The molecule has 0 saturated carbocycles. The van der Waals surface area contributed by atoms with E-state index in [1.165, 1.54) is 18.9 Å². The quantitative estimate of drug-likeness (QED) is 0.756. The first-order chi connectivity index (χ1) is 8.19. The number of hydrogen-bond acceptors (Lipinski definition) is 4. The molecule has 0 spiro atoms. The molecule has 0 bridgehead atoms. The van der Waals surface area contributed by atoms with Crippen LogP contribution in [0.4, 0.5) is 0 Å². The van der Waals surface area contributed by atoms with E-state index in [9.17, 15) is 9.59 Å². The second-order valence-electron chi connectivity index (χ2n) is 3.59. The summed E-state index contributed by atoms with van der Waals surface area (Å²) in [7, 11) is 1.37. The van der Waals surface area contributed by atoms with E-state index in [0.29, 0.717) is 17.7 Å². The van der Waals surface area contributed by atoms with Crippen LogP contribution in [0.5, 0.6) is 0 Å². The minimum Gasteiger partial charge on any atom is -0.469 e. The smallest absolute Gasteiger partial charge is 0.309 e. The van der Waals surface area contributed by atoms with Crippen molar-refractivity contribution in [2.24, 2.45) is 5.92 Å². The molecule has 0 aliphatic heterocycles. The van der Waals surface area contributed by atoms with Gasteiger partial charge in [0.15, 0.2) is 0 Å². The van der Waals surface area contributed by atoms with E-state index in [-0.39, 0.29) is 17.0 Å². The zero-order chi connectivity index (χ0) is 12.7. The van der Waals surface area contributed by atoms with Gasteiger partial charge in [-0.2, -0.15) is 0 Å². The van der Waals surface area contributed by atoms with E-state index >= 15 is 0 Å². The van der Waals surface area contributed by atoms with Crippen LogP contribution in [0.25, 0.3) is 0 Å². The number of methoxy groups -OCH3 is 1. The molecule has 0 aromatic heterocycles. The molecule has 0 aliphatic carbocycles. The van der Waals surface area contributed by atoms with Gasteiger partial charge in [0, 0.05) is 11.3 Å². The normalized spacial score (nSPS) is 11.9. The van der Waals surface area contributed by atoms with Gasteiger partial charge in [-0.3, -0.25) is 9.59 Å². The molecule has 0 unspecified atom stereocenters. The Hall–Kier alpha value is -1.29. The van der Waals surface area contributed by atoms with Crippen molar-refractivity contribution in [3.05, 3.63) is 35.9 Å². The van der Waals surface area contributed by atoms with E-state index in [4.69, 9.17) is 0 Å². The first-order valence-corrected chi connectivity index (χ1v) is 6.47. The number of ether oxygens (including phenoxy) is 1. The molecule has 1 aromatic carbocycles. The fourth-order valence-corrected chi connectivity index (χ4v) is 2.38. The predicted molar refractivity (Wildman–Crippen MR) is 69.0 cm³/mol. The molecule has 1 rings (SSSR count). The van der Waals surface area contributed by atoms with Gasteiger partial charge in [-0.05, 0) is 6.42 Å². The summed E-state index contributed by atoms with van der Waals surface area (Å²) in [5.74, 6) is 0.00945. The van der Waals surface area contributed by atoms with Crippen LogP contribution in [0.15, 0.2) is 30.3 Å². The van der Waals surface area contributed by atoms with E-state index < -0.39 is 0 Å². The van der Waals surface area contributed by atoms with Crippen LogP contribution in [0, 0.1) is 5.92 Å². The van der Waals surface area contributed by atoms with Crippen molar-refractivity contribution in [3.8, 4) is 0 Å². The Morgan fingerprint density at radius 3 is 2.47 bits per heavy atom. The van der Waals surface area contributed by atoms with E-state index in [1.807, 2.05) is 25.1 Å². The molecule has 0 radical (unpaired) electrons. The fourth-order valence-electron chi connectivity index (χ4n) is 1.35. The summed E-state index contributed by atoms with van der Waals surface area (Å²) >= 11 is 1.17. The van der Waals surface area contributed by atoms with Gasteiger partial charge >= 0.3 is 5.97 Å². The van der Waals surface area contributed by atoms with Crippen LogP contribution in [-0.4, -0.2) is 23.9 Å². The van der Waals surface area contributed by atoms with Crippen molar-refractivity contribution in [3.63, 3.8) is 0 Å². The summed E-state index contributed by atoms with van der Waals surface area (Å²) in [5, 5.41) is -0.00652. The lowest BCUT2D eigenvalue weighted by Crippen LogP contribution is -2.18. The Morgan fingerprint density at radius 1 is 1.29 bits per heavy atom. The topological polar surface area (TPSA) is 43.4 Å². The third-order valence-electron chi connectivity index (χ3n) is 2.45. The van der Waals surface area contributed by atoms with Crippen molar-refractivity contribution >= 4 is 22.8 Å². The van der Waals surface area contributed by atoms with Gasteiger partial charge < -0.3 is 4.74 Å². The SMILES string of the molecule is CC[C@H](CSC(=O)c1ccccc1)C(=O)OC. The number of carbonyl (C=O) groups is 2. The van der Waals surface area contributed by atoms with E-state index in [2.05, 4.69) is 4.74 Å². The van der Waals surface area contributed by atoms with Crippen molar-refractivity contribution in [1.82, 2.24) is 0 Å². The average Bonchev–Trinajstić information content (AvgIpc) is 2.39. The number of rotatable bonds is 5. The van der Waals surface area contributed by atoms with Gasteiger partial charge in [-0.1, -0.05) is 49.0 Å². The minimum atomic E-state index is -0.249. The molecule has 0 heterocycles. The van der Waals surface area contributed by atoms with Crippen molar-refractivity contribution in [1.29, 1.82) is 0 Å². The highest BCUT2D eigenvalue weighted by molar-refractivity contribution is 8.14. The summed E-state index contributed by atoms with van der Waals surface area (Å²) in [6.45, 7) is 1.91. The van der Waals surface area contributed by atoms with Crippen molar-refractivity contribution in [2.75, 3.05) is 12.9 Å². The zero-order valence-corrected chi connectivity index (χ0v) is 10.8. The first-order valence-electron chi connectivity index (χ1n) is 5.49. The molecule has 4 heteroatoms. The average molecular weight is 252 g/mol. The Morgan fingerprint density at radius 2 is 1.94 bits per heavy atom. The molecule has 3 nitrogen and oxygen atoms in total. The number of thioether (sulfide) groups is 1. The molecule has 0 fully saturated rings. The van der Waals surface area contributed by atoms with Gasteiger partial charge in [0.2, 0.25) is 5.12 Å². The Bertz CT molecular complexity index is 376. The van der Waals surface area contributed by atoms with Crippen LogP contribution in [-0.2, 0) is 9.53 Å². The third-order valence-corrected chi connectivity index (χ3v) is 3.52. The fraction of sp³-hybridized carbons (Fsp3) is 0.385. The molecule has 0 aliphatic rings. The minimum absolute atomic E-state index is 0.00652. The highest BCUT2D eigenvalue weighted by Gasteiger charge is 2.19. The third kappa shape index (κ3) is 4.23. The van der Waals surface area contributed by atoms with Crippen LogP contribution in [0.3, 0.4) is 0 Å². The van der Waals surface area contributed by atoms with Gasteiger partial charge in [0.25, 0.3) is 0 Å². The lowest BCUT2D eigenvalue weighted by atomic mass is 10.1. The predicted octanol–water partition coefficient (Wildman–Crippen LogP) is 2.76. The molecular weight excluding hydrogens is 236 g/mol. The zero-order valence-electron chi connectivity index (χ0n) is 10.0. The number of carbonyl (C=O) groups excluding carboxylic acids is 2. The van der Waals surface area contributed by atoms with Crippen molar-refractivity contribution in [2.45, 2.75) is 13.3 Å². The van der Waals surface area contributed by atoms with Crippen molar-refractivity contribution < 1.29 is 14.3 Å². The molecule has 92 valence electrons. The lowest BCUT2D eigenvalue weighted by Gasteiger charge is -2.10. The Kier molecular flexibility index (Phi) is 5.77. The highest BCUT2D eigenvalue weighted by Crippen LogP contribution is 2.18. The van der Waals surface area contributed by atoms with Gasteiger partial charge in [-0.25, -0.2) is 0 Å². The maximum Gasteiger partial charge on any atom is 0.309 e. The number of esters is 1. The van der Waals surface area contributed by atoms with Gasteiger partial charge in [-0.15, -0.1) is 0 Å². The molecule has 1 aromatic rings. The Labute approximate surface area is 106 Å². The molecule has 17 heavy (non-hydrogen) atoms. The Balaban J connectivity index is 2.50. The summed E-state index contributed by atoms with van der Waals surface area (Å²) in [6, 6.07) is 9.06. The van der Waals surface area contributed by atoms with Crippen LogP contribution in [0.1, 0.15) is 23.7 Å². The standard InChI is InChI=1S/C13H16O3S/c1-3-10(12(14)16-2)9-17-13(15)11-7-5-4-6-8-11/h4-8,10H,3,9H2,1-2H3/t10-/m1/s1. The number of benzene rings is 1. The summed E-state index contributed by atoms with van der Waals surface area (Å²) in [5.41, 5.74) is 0.664. The van der Waals surface area contributed by atoms with Gasteiger partial charge in [0.05, 0.1) is 13.0 Å². The molecule has 0 N–H and O–H groups in total. The molecule has 0 saturated heterocycles. The second-order valence-corrected chi connectivity index (χ2v) is 4.59. The molecular formula is C13H16O3S.